The molecule has 186 valence electrons. The lowest BCUT2D eigenvalue weighted by molar-refractivity contribution is 0.102. The number of amides is 2. The Hall–Kier alpha value is -3.68. The summed E-state index contributed by atoms with van der Waals surface area (Å²) in [5.41, 5.74) is 3.31. The fourth-order valence-corrected chi connectivity index (χ4v) is 7.01. The molecule has 2 N–H and O–H groups in total. The van der Waals surface area contributed by atoms with Gasteiger partial charge in [-0.3, -0.25) is 9.59 Å². The van der Waals surface area contributed by atoms with Gasteiger partial charge in [-0.15, -0.1) is 22.7 Å². The van der Waals surface area contributed by atoms with E-state index in [1.54, 1.807) is 0 Å². The highest BCUT2D eigenvalue weighted by atomic mass is 35.5. The number of anilines is 2. The Balaban J connectivity index is 1.13. The molecule has 0 bridgehead atoms. The molecule has 6 aromatic rings. The van der Waals surface area contributed by atoms with Gasteiger partial charge in [0.25, 0.3) is 11.8 Å². The lowest BCUT2D eigenvalue weighted by atomic mass is 10.0. The first kappa shape index (κ1) is 24.6. The molecule has 4 nitrogen and oxygen atoms in total. The third-order valence-electron chi connectivity index (χ3n) is 6.10. The normalized spacial score (nSPS) is 11.1. The Morgan fingerprint density at radius 2 is 0.895 bits per heavy atom. The molecular formula is C30H18Cl2N2O2S2. The number of halogens is 2. The number of hydrogen-bond donors (Lipinski definition) is 2. The van der Waals surface area contributed by atoms with E-state index in [2.05, 4.69) is 10.6 Å². The molecule has 2 heterocycles. The lowest BCUT2D eigenvalue weighted by Gasteiger charge is -2.08. The molecule has 2 amide bonds. The van der Waals surface area contributed by atoms with Crippen LogP contribution in [0, 0.1) is 0 Å². The highest BCUT2D eigenvalue weighted by Gasteiger charge is 2.18. The SMILES string of the molecule is O=C(Nc1ccc(-c2ccc(NC(=O)c3sc4ccccc4c3Cl)cc2)cc1)c1sc2ccccc2c1Cl. The maximum absolute atomic E-state index is 12.8. The van der Waals surface area contributed by atoms with Gasteiger partial charge >= 0.3 is 0 Å². The maximum atomic E-state index is 12.8. The van der Waals surface area contributed by atoms with Crippen LogP contribution in [0.4, 0.5) is 11.4 Å². The van der Waals surface area contributed by atoms with Crippen molar-refractivity contribution in [3.8, 4) is 11.1 Å². The maximum Gasteiger partial charge on any atom is 0.267 e. The summed E-state index contributed by atoms with van der Waals surface area (Å²) in [6, 6.07) is 30.6. The van der Waals surface area contributed by atoms with Crippen LogP contribution in [0.5, 0.6) is 0 Å². The minimum Gasteiger partial charge on any atom is -0.321 e. The highest BCUT2D eigenvalue weighted by molar-refractivity contribution is 7.22. The number of benzene rings is 4. The quantitative estimate of drug-likeness (QED) is 0.216. The van der Waals surface area contributed by atoms with Gasteiger partial charge in [0.1, 0.15) is 9.75 Å². The molecule has 8 heteroatoms. The van der Waals surface area contributed by atoms with E-state index in [1.807, 2.05) is 97.1 Å². The molecule has 2 aromatic heterocycles. The van der Waals surface area contributed by atoms with E-state index in [-0.39, 0.29) is 11.8 Å². The van der Waals surface area contributed by atoms with Crippen LogP contribution in [0.3, 0.4) is 0 Å². The van der Waals surface area contributed by atoms with Crippen molar-refractivity contribution in [2.45, 2.75) is 0 Å². The van der Waals surface area contributed by atoms with Gasteiger partial charge in [-0.05, 0) is 47.5 Å². The van der Waals surface area contributed by atoms with Crippen molar-refractivity contribution in [3.63, 3.8) is 0 Å². The summed E-state index contributed by atoms with van der Waals surface area (Å²) >= 11 is 15.6. The van der Waals surface area contributed by atoms with Gasteiger partial charge in [0.2, 0.25) is 0 Å². The summed E-state index contributed by atoms with van der Waals surface area (Å²) in [4.78, 5) is 26.6. The fraction of sp³-hybridized carbons (Fsp3) is 0. The first-order chi connectivity index (χ1) is 18.5. The molecule has 0 aliphatic heterocycles. The Bertz CT molecular complexity index is 1690. The Labute approximate surface area is 236 Å². The third kappa shape index (κ3) is 4.68. The second-order valence-electron chi connectivity index (χ2n) is 8.55. The largest absolute Gasteiger partial charge is 0.321 e. The zero-order chi connectivity index (χ0) is 26.2. The first-order valence-electron chi connectivity index (χ1n) is 11.7. The smallest absolute Gasteiger partial charge is 0.267 e. The first-order valence-corrected chi connectivity index (χ1v) is 14.0. The molecule has 0 atom stereocenters. The van der Waals surface area contributed by atoms with Gasteiger partial charge in [-0.25, -0.2) is 0 Å². The van der Waals surface area contributed by atoms with Crippen LogP contribution in [0.25, 0.3) is 31.3 Å². The number of rotatable bonds is 5. The average molecular weight is 574 g/mol. The fourth-order valence-electron chi connectivity index (χ4n) is 4.19. The van der Waals surface area contributed by atoms with Crippen molar-refractivity contribution in [2.24, 2.45) is 0 Å². The van der Waals surface area contributed by atoms with Gasteiger partial charge in [0.15, 0.2) is 0 Å². The van der Waals surface area contributed by atoms with Crippen LogP contribution in [-0.4, -0.2) is 11.8 Å². The summed E-state index contributed by atoms with van der Waals surface area (Å²) in [6.45, 7) is 0. The molecule has 0 aliphatic rings. The number of thiophene rings is 2. The molecule has 0 aliphatic carbocycles. The molecule has 6 rings (SSSR count). The minimum absolute atomic E-state index is 0.234. The van der Waals surface area contributed by atoms with E-state index in [9.17, 15) is 9.59 Å². The predicted octanol–water partition coefficient (Wildman–Crippen LogP) is 9.59. The van der Waals surface area contributed by atoms with Gasteiger partial charge in [-0.1, -0.05) is 83.9 Å². The lowest BCUT2D eigenvalue weighted by Crippen LogP contribution is -2.10. The molecule has 0 fully saturated rings. The van der Waals surface area contributed by atoms with Crippen molar-refractivity contribution in [1.82, 2.24) is 0 Å². The van der Waals surface area contributed by atoms with Crippen molar-refractivity contribution >= 4 is 89.2 Å². The Morgan fingerprint density at radius 1 is 0.526 bits per heavy atom. The summed E-state index contributed by atoms with van der Waals surface area (Å²) in [7, 11) is 0. The molecular weight excluding hydrogens is 555 g/mol. The number of fused-ring (bicyclic) bond motifs is 2. The molecule has 0 saturated heterocycles. The predicted molar refractivity (Wildman–Crippen MR) is 161 cm³/mol. The zero-order valence-electron chi connectivity index (χ0n) is 19.6. The Kier molecular flexibility index (Phi) is 6.64. The standard InChI is InChI=1S/C30H18Cl2N2O2S2/c31-25-21-5-1-3-7-23(21)37-27(25)29(35)33-19-13-9-17(10-14-19)18-11-15-20(16-12-18)34-30(36)28-26(32)22-6-2-4-8-24(22)38-28/h1-16H,(H,33,35)(H,34,36). The molecule has 0 unspecified atom stereocenters. The van der Waals surface area contributed by atoms with Crippen LogP contribution < -0.4 is 10.6 Å². The number of carbonyl (C=O) groups excluding carboxylic acids is 2. The highest BCUT2D eigenvalue weighted by Crippen LogP contribution is 2.37. The van der Waals surface area contributed by atoms with E-state index < -0.39 is 0 Å². The number of nitrogens with one attached hydrogen (secondary N) is 2. The van der Waals surface area contributed by atoms with E-state index in [0.29, 0.717) is 31.2 Å². The molecule has 0 radical (unpaired) electrons. The Morgan fingerprint density at radius 3 is 1.26 bits per heavy atom. The van der Waals surface area contributed by atoms with Crippen molar-refractivity contribution in [3.05, 3.63) is 117 Å². The van der Waals surface area contributed by atoms with Gasteiger partial charge < -0.3 is 10.6 Å². The topological polar surface area (TPSA) is 58.2 Å². The monoisotopic (exact) mass is 572 g/mol. The van der Waals surface area contributed by atoms with E-state index >= 15 is 0 Å². The van der Waals surface area contributed by atoms with Gasteiger partial charge in [0, 0.05) is 31.5 Å². The van der Waals surface area contributed by atoms with Crippen LogP contribution in [0.1, 0.15) is 19.3 Å². The average Bonchev–Trinajstić information content (AvgIpc) is 3.47. The second kappa shape index (κ2) is 10.2. The van der Waals surface area contributed by atoms with Crippen molar-refractivity contribution in [2.75, 3.05) is 10.6 Å². The third-order valence-corrected chi connectivity index (χ3v) is 9.45. The van der Waals surface area contributed by atoms with Crippen molar-refractivity contribution < 1.29 is 9.59 Å². The molecule has 0 saturated carbocycles. The summed E-state index contributed by atoms with van der Waals surface area (Å²) in [5.74, 6) is -0.467. The number of hydrogen-bond acceptors (Lipinski definition) is 4. The summed E-state index contributed by atoms with van der Waals surface area (Å²) in [6.07, 6.45) is 0. The zero-order valence-corrected chi connectivity index (χ0v) is 22.8. The number of carbonyl (C=O) groups is 2. The molecule has 4 aromatic carbocycles. The van der Waals surface area contributed by atoms with Crippen molar-refractivity contribution in [1.29, 1.82) is 0 Å². The van der Waals surface area contributed by atoms with E-state index in [0.717, 1.165) is 31.3 Å². The second-order valence-corrected chi connectivity index (χ2v) is 11.4. The van der Waals surface area contributed by atoms with E-state index in [4.69, 9.17) is 23.2 Å². The van der Waals surface area contributed by atoms with Gasteiger partial charge in [-0.2, -0.15) is 0 Å². The molecule has 38 heavy (non-hydrogen) atoms. The van der Waals surface area contributed by atoms with Gasteiger partial charge in [0.05, 0.1) is 10.0 Å². The summed E-state index contributed by atoms with van der Waals surface area (Å²) < 4.78 is 1.95. The minimum atomic E-state index is -0.234. The molecule has 0 spiro atoms. The summed E-state index contributed by atoms with van der Waals surface area (Å²) in [5, 5.41) is 8.57. The van der Waals surface area contributed by atoms with E-state index in [1.165, 1.54) is 22.7 Å². The van der Waals surface area contributed by atoms with Crippen LogP contribution in [0.2, 0.25) is 10.0 Å². The van der Waals surface area contributed by atoms with Crippen LogP contribution in [-0.2, 0) is 0 Å². The van der Waals surface area contributed by atoms with Crippen LogP contribution >= 0.6 is 45.9 Å². The van der Waals surface area contributed by atoms with Crippen LogP contribution in [0.15, 0.2) is 97.1 Å².